The van der Waals surface area contributed by atoms with E-state index in [0.29, 0.717) is 12.3 Å². The molecule has 0 fully saturated rings. The van der Waals surface area contributed by atoms with Crippen LogP contribution in [-0.4, -0.2) is 22.4 Å². The van der Waals surface area contributed by atoms with Crippen LogP contribution in [0.5, 0.6) is 0 Å². The van der Waals surface area contributed by atoms with Crippen LogP contribution >= 0.6 is 15.9 Å². The third-order valence-electron chi connectivity index (χ3n) is 4.13. The molecule has 0 radical (unpaired) electrons. The number of esters is 1. The molecule has 5 heteroatoms. The number of rotatable bonds is 3. The van der Waals surface area contributed by atoms with Gasteiger partial charge in [-0.15, -0.1) is 0 Å². The average Bonchev–Trinajstić information content (AvgIpc) is 3.14. The van der Waals surface area contributed by atoms with Crippen molar-refractivity contribution in [1.82, 2.24) is 9.78 Å². The lowest BCUT2D eigenvalue weighted by Crippen LogP contribution is -2.09. The molecular weight excluding hydrogens is 368 g/mol. The first-order valence-corrected chi connectivity index (χ1v) is 8.72. The molecule has 0 amide bonds. The van der Waals surface area contributed by atoms with Crippen LogP contribution in [-0.2, 0) is 4.74 Å². The predicted octanol–water partition coefficient (Wildman–Crippen LogP) is 4.51. The predicted molar refractivity (Wildman–Crippen MR) is 95.7 cm³/mol. The van der Waals surface area contributed by atoms with E-state index in [9.17, 15) is 4.79 Å². The standard InChI is InChI=1S/C19H15BrN2O2/c1-2-24-19(23)17-15-16(20)13-10-6-7-11-14(13)18(15)22(21-17)12-8-4-3-5-9-12/h3-11,16H,2H2,1H3. The molecule has 1 unspecified atom stereocenters. The normalized spacial score (nSPS) is 15.0. The minimum Gasteiger partial charge on any atom is -0.461 e. The molecule has 1 aliphatic carbocycles. The van der Waals surface area contributed by atoms with Gasteiger partial charge in [0.15, 0.2) is 5.69 Å². The zero-order valence-electron chi connectivity index (χ0n) is 13.1. The molecule has 1 heterocycles. The van der Waals surface area contributed by atoms with Gasteiger partial charge in [0.05, 0.1) is 22.8 Å². The number of benzene rings is 2. The van der Waals surface area contributed by atoms with Gasteiger partial charge in [-0.3, -0.25) is 0 Å². The van der Waals surface area contributed by atoms with E-state index in [1.165, 1.54) is 0 Å². The summed E-state index contributed by atoms with van der Waals surface area (Å²) in [5.41, 5.74) is 5.33. The molecule has 0 spiro atoms. The third-order valence-corrected chi connectivity index (χ3v) is 5.09. The SMILES string of the molecule is CCOC(=O)c1nn(-c2ccccc2)c2c1C(Br)c1ccccc1-2. The van der Waals surface area contributed by atoms with Crippen LogP contribution in [0.4, 0.5) is 0 Å². The van der Waals surface area contributed by atoms with Crippen molar-refractivity contribution in [2.24, 2.45) is 0 Å². The number of nitrogens with zero attached hydrogens (tertiary/aromatic N) is 2. The maximum absolute atomic E-state index is 12.4. The zero-order valence-corrected chi connectivity index (χ0v) is 14.7. The largest absolute Gasteiger partial charge is 0.461 e. The van der Waals surface area contributed by atoms with Gasteiger partial charge in [-0.2, -0.15) is 5.10 Å². The van der Waals surface area contributed by atoms with Crippen molar-refractivity contribution in [3.8, 4) is 16.9 Å². The molecule has 0 saturated heterocycles. The first-order valence-electron chi connectivity index (χ1n) is 7.81. The topological polar surface area (TPSA) is 44.1 Å². The van der Waals surface area contributed by atoms with Gasteiger partial charge in [0.25, 0.3) is 0 Å². The van der Waals surface area contributed by atoms with Gasteiger partial charge in [0.1, 0.15) is 0 Å². The number of halogens is 1. The smallest absolute Gasteiger partial charge is 0.359 e. The zero-order chi connectivity index (χ0) is 16.7. The van der Waals surface area contributed by atoms with E-state index in [1.807, 2.05) is 47.1 Å². The Balaban J connectivity index is 2.00. The summed E-state index contributed by atoms with van der Waals surface area (Å²) in [6, 6.07) is 18.0. The van der Waals surface area contributed by atoms with E-state index in [4.69, 9.17) is 4.74 Å². The molecule has 4 rings (SSSR count). The van der Waals surface area contributed by atoms with E-state index >= 15 is 0 Å². The van der Waals surface area contributed by atoms with Crippen LogP contribution in [0.25, 0.3) is 16.9 Å². The minimum atomic E-state index is -0.388. The molecular formula is C19H15BrN2O2. The number of ether oxygens (including phenoxy) is 1. The molecule has 3 aromatic rings. The Kier molecular flexibility index (Phi) is 3.73. The summed E-state index contributed by atoms with van der Waals surface area (Å²) in [5, 5.41) is 4.58. The van der Waals surface area contributed by atoms with Gasteiger partial charge in [-0.25, -0.2) is 9.48 Å². The van der Waals surface area contributed by atoms with Crippen LogP contribution in [0.1, 0.15) is 33.4 Å². The maximum Gasteiger partial charge on any atom is 0.359 e. The monoisotopic (exact) mass is 382 g/mol. The van der Waals surface area contributed by atoms with Crippen molar-refractivity contribution in [2.75, 3.05) is 6.61 Å². The fourth-order valence-electron chi connectivity index (χ4n) is 3.12. The van der Waals surface area contributed by atoms with Gasteiger partial charge in [-0.1, -0.05) is 58.4 Å². The van der Waals surface area contributed by atoms with Crippen molar-refractivity contribution in [2.45, 2.75) is 11.8 Å². The van der Waals surface area contributed by atoms with E-state index < -0.39 is 0 Å². The van der Waals surface area contributed by atoms with Crippen LogP contribution in [0.3, 0.4) is 0 Å². The number of carbonyl (C=O) groups excluding carboxylic acids is 1. The highest BCUT2D eigenvalue weighted by atomic mass is 79.9. The highest BCUT2D eigenvalue weighted by molar-refractivity contribution is 9.09. The number of fused-ring (bicyclic) bond motifs is 3. The molecule has 4 nitrogen and oxygen atoms in total. The summed E-state index contributed by atoms with van der Waals surface area (Å²) in [5.74, 6) is -0.388. The first-order chi connectivity index (χ1) is 11.7. The molecule has 0 aliphatic heterocycles. The van der Waals surface area contributed by atoms with Crippen LogP contribution < -0.4 is 0 Å². The Labute approximate surface area is 148 Å². The Hall–Kier alpha value is -2.40. The highest BCUT2D eigenvalue weighted by Gasteiger charge is 2.37. The lowest BCUT2D eigenvalue weighted by atomic mass is 10.1. The summed E-state index contributed by atoms with van der Waals surface area (Å²) >= 11 is 3.73. The van der Waals surface area contributed by atoms with Crippen molar-refractivity contribution in [3.63, 3.8) is 0 Å². The second-order valence-corrected chi connectivity index (χ2v) is 6.44. The third kappa shape index (κ3) is 2.19. The lowest BCUT2D eigenvalue weighted by molar-refractivity contribution is 0.0518. The molecule has 0 bridgehead atoms. The van der Waals surface area contributed by atoms with E-state index in [2.05, 4.69) is 33.2 Å². The summed E-state index contributed by atoms with van der Waals surface area (Å²) in [6.07, 6.45) is 0. The lowest BCUT2D eigenvalue weighted by Gasteiger charge is -2.08. The van der Waals surface area contributed by atoms with Crippen LogP contribution in [0.2, 0.25) is 0 Å². The Morgan fingerprint density at radius 1 is 1.17 bits per heavy atom. The Morgan fingerprint density at radius 2 is 1.88 bits per heavy atom. The second kappa shape index (κ2) is 5.91. The molecule has 0 saturated carbocycles. The fraction of sp³-hybridized carbons (Fsp3) is 0.158. The van der Waals surface area contributed by atoms with E-state index in [0.717, 1.165) is 28.1 Å². The number of hydrogen-bond donors (Lipinski definition) is 0. The summed E-state index contributed by atoms with van der Waals surface area (Å²) in [6.45, 7) is 2.12. The van der Waals surface area contributed by atoms with Gasteiger partial charge < -0.3 is 4.74 Å². The summed E-state index contributed by atoms with van der Waals surface area (Å²) in [4.78, 5) is 12.4. The molecule has 1 aliphatic rings. The number of carbonyl (C=O) groups is 1. The average molecular weight is 383 g/mol. The summed E-state index contributed by atoms with van der Waals surface area (Å²) < 4.78 is 7.05. The molecule has 120 valence electrons. The van der Waals surface area contributed by atoms with Crippen molar-refractivity contribution >= 4 is 21.9 Å². The van der Waals surface area contributed by atoms with Gasteiger partial charge in [0, 0.05) is 11.1 Å². The molecule has 0 N–H and O–H groups in total. The molecule has 1 aromatic heterocycles. The molecule has 2 aromatic carbocycles. The van der Waals surface area contributed by atoms with Crippen molar-refractivity contribution in [3.05, 3.63) is 71.4 Å². The number of hydrogen-bond acceptors (Lipinski definition) is 3. The van der Waals surface area contributed by atoms with E-state index in [1.54, 1.807) is 6.92 Å². The quantitative estimate of drug-likeness (QED) is 0.494. The fourth-order valence-corrected chi connectivity index (χ4v) is 3.96. The Bertz CT molecular complexity index is 918. The number of alkyl halides is 1. The summed E-state index contributed by atoms with van der Waals surface area (Å²) in [7, 11) is 0. The first kappa shape index (κ1) is 15.1. The van der Waals surface area contributed by atoms with Crippen molar-refractivity contribution < 1.29 is 9.53 Å². The van der Waals surface area contributed by atoms with Crippen LogP contribution in [0.15, 0.2) is 54.6 Å². The van der Waals surface area contributed by atoms with Gasteiger partial charge in [0.2, 0.25) is 0 Å². The number of aromatic nitrogens is 2. The maximum atomic E-state index is 12.4. The number of para-hydroxylation sites is 1. The minimum absolute atomic E-state index is 0.0689. The van der Waals surface area contributed by atoms with Gasteiger partial charge >= 0.3 is 5.97 Å². The molecule has 24 heavy (non-hydrogen) atoms. The molecule has 1 atom stereocenters. The van der Waals surface area contributed by atoms with Gasteiger partial charge in [-0.05, 0) is 24.6 Å². The van der Waals surface area contributed by atoms with Crippen molar-refractivity contribution in [1.29, 1.82) is 0 Å². The van der Waals surface area contributed by atoms with Crippen LogP contribution in [0, 0.1) is 0 Å². The highest BCUT2D eigenvalue weighted by Crippen LogP contribution is 2.50. The second-order valence-electron chi connectivity index (χ2n) is 5.53. The van der Waals surface area contributed by atoms with E-state index in [-0.39, 0.29) is 10.8 Å². The Morgan fingerprint density at radius 3 is 2.62 bits per heavy atom.